The fourth-order valence-electron chi connectivity index (χ4n) is 3.60. The van der Waals surface area contributed by atoms with Gasteiger partial charge in [-0.3, -0.25) is 9.48 Å². The first-order valence-electron chi connectivity index (χ1n) is 9.22. The van der Waals surface area contributed by atoms with E-state index in [1.807, 2.05) is 60.1 Å². The van der Waals surface area contributed by atoms with E-state index in [1.54, 1.807) is 0 Å². The van der Waals surface area contributed by atoms with Crippen LogP contribution in [-0.2, 0) is 6.54 Å². The van der Waals surface area contributed by atoms with Gasteiger partial charge in [-0.2, -0.15) is 5.10 Å². The molecule has 4 aromatic rings. The predicted molar refractivity (Wildman–Crippen MR) is 110 cm³/mol. The maximum Gasteiger partial charge on any atom is 0.262 e. The number of para-hydroxylation sites is 1. The van der Waals surface area contributed by atoms with Gasteiger partial charge in [-0.05, 0) is 24.6 Å². The molecule has 1 aliphatic rings. The molecular weight excluding hydrogens is 370 g/mol. The van der Waals surface area contributed by atoms with Crippen molar-refractivity contribution in [3.05, 3.63) is 82.4 Å². The molecule has 0 radical (unpaired) electrons. The Morgan fingerprint density at radius 1 is 1.21 bits per heavy atom. The highest BCUT2D eigenvalue weighted by Gasteiger charge is 2.26. The third-order valence-electron chi connectivity index (χ3n) is 5.01. The summed E-state index contributed by atoms with van der Waals surface area (Å²) in [4.78, 5) is 14.6. The Balaban J connectivity index is 1.41. The van der Waals surface area contributed by atoms with E-state index in [1.165, 1.54) is 16.9 Å². The van der Waals surface area contributed by atoms with E-state index in [2.05, 4.69) is 22.5 Å². The van der Waals surface area contributed by atoms with Crippen molar-refractivity contribution < 1.29 is 9.53 Å². The molecule has 5 nitrogen and oxygen atoms in total. The van der Waals surface area contributed by atoms with Crippen molar-refractivity contribution in [1.29, 1.82) is 0 Å². The molecule has 5 rings (SSSR count). The van der Waals surface area contributed by atoms with Crippen molar-refractivity contribution in [3.8, 4) is 5.75 Å². The third-order valence-corrected chi connectivity index (χ3v) is 6.16. The van der Waals surface area contributed by atoms with Crippen LogP contribution in [-0.4, -0.2) is 22.3 Å². The van der Waals surface area contributed by atoms with Crippen LogP contribution in [0.15, 0.2) is 60.7 Å². The third kappa shape index (κ3) is 2.96. The second-order valence-corrected chi connectivity index (χ2v) is 7.96. The van der Waals surface area contributed by atoms with Gasteiger partial charge in [0, 0.05) is 10.9 Å². The van der Waals surface area contributed by atoms with Gasteiger partial charge in [0.1, 0.15) is 17.2 Å². The highest BCUT2D eigenvalue weighted by Crippen LogP contribution is 2.33. The molecule has 1 aliphatic heterocycles. The van der Waals surface area contributed by atoms with Crippen LogP contribution in [0.1, 0.15) is 32.5 Å². The van der Waals surface area contributed by atoms with E-state index in [4.69, 9.17) is 4.74 Å². The SMILES string of the molecule is Cc1nn(Cc2ccccc2)c2sc(C(=O)NC3COc4ccccc43)cc12. The van der Waals surface area contributed by atoms with Crippen LogP contribution < -0.4 is 10.1 Å². The lowest BCUT2D eigenvalue weighted by Crippen LogP contribution is -2.28. The van der Waals surface area contributed by atoms with Gasteiger partial charge < -0.3 is 10.1 Å². The van der Waals surface area contributed by atoms with E-state index in [0.717, 1.165) is 27.2 Å². The summed E-state index contributed by atoms with van der Waals surface area (Å²) in [5.74, 6) is 0.774. The normalized spacial score (nSPS) is 15.4. The van der Waals surface area contributed by atoms with E-state index in [0.29, 0.717) is 18.0 Å². The number of fused-ring (bicyclic) bond motifs is 2. The van der Waals surface area contributed by atoms with Gasteiger partial charge in [-0.15, -0.1) is 11.3 Å². The van der Waals surface area contributed by atoms with Crippen molar-refractivity contribution in [2.45, 2.75) is 19.5 Å². The topological polar surface area (TPSA) is 56.2 Å². The van der Waals surface area contributed by atoms with Crippen LogP contribution in [0.3, 0.4) is 0 Å². The number of aryl methyl sites for hydroxylation is 1. The van der Waals surface area contributed by atoms with Crippen LogP contribution in [0.4, 0.5) is 0 Å². The number of hydrogen-bond donors (Lipinski definition) is 1. The lowest BCUT2D eigenvalue weighted by molar-refractivity contribution is 0.0934. The number of hydrogen-bond acceptors (Lipinski definition) is 4. The molecule has 0 spiro atoms. The summed E-state index contributed by atoms with van der Waals surface area (Å²) in [6.07, 6.45) is 0. The summed E-state index contributed by atoms with van der Waals surface area (Å²) in [5.41, 5.74) is 3.16. The lowest BCUT2D eigenvalue weighted by Gasteiger charge is -2.10. The van der Waals surface area contributed by atoms with Gasteiger partial charge in [-0.1, -0.05) is 48.5 Å². The number of rotatable bonds is 4. The monoisotopic (exact) mass is 389 g/mol. The van der Waals surface area contributed by atoms with Gasteiger partial charge in [0.2, 0.25) is 0 Å². The van der Waals surface area contributed by atoms with Gasteiger partial charge >= 0.3 is 0 Å². The van der Waals surface area contributed by atoms with E-state index in [9.17, 15) is 4.79 Å². The first-order valence-corrected chi connectivity index (χ1v) is 10.0. The van der Waals surface area contributed by atoms with Crippen LogP contribution >= 0.6 is 11.3 Å². The molecule has 2 aromatic carbocycles. The molecule has 0 saturated carbocycles. The average molecular weight is 389 g/mol. The minimum Gasteiger partial charge on any atom is -0.491 e. The summed E-state index contributed by atoms with van der Waals surface area (Å²) in [6, 6.07) is 19.9. The molecule has 0 aliphatic carbocycles. The Morgan fingerprint density at radius 3 is 2.86 bits per heavy atom. The summed E-state index contributed by atoms with van der Waals surface area (Å²) in [6.45, 7) is 3.15. The molecule has 0 bridgehead atoms. The molecule has 0 fully saturated rings. The quantitative estimate of drug-likeness (QED) is 0.566. The van der Waals surface area contributed by atoms with E-state index >= 15 is 0 Å². The zero-order valence-corrected chi connectivity index (χ0v) is 16.2. The maximum absolute atomic E-state index is 12.9. The smallest absolute Gasteiger partial charge is 0.262 e. The molecule has 6 heteroatoms. The Labute approximate surface area is 166 Å². The first kappa shape index (κ1) is 17.0. The van der Waals surface area contributed by atoms with Gasteiger partial charge in [-0.25, -0.2) is 0 Å². The molecule has 0 saturated heterocycles. The molecular formula is C22H19N3O2S. The fraction of sp³-hybridized carbons (Fsp3) is 0.182. The minimum atomic E-state index is -0.115. The van der Waals surface area contributed by atoms with E-state index < -0.39 is 0 Å². The zero-order chi connectivity index (χ0) is 19.1. The molecule has 1 unspecified atom stereocenters. The van der Waals surface area contributed by atoms with E-state index in [-0.39, 0.29) is 11.9 Å². The number of benzene rings is 2. The Bertz CT molecular complexity index is 1160. The predicted octanol–water partition coefficient (Wildman–Crippen LogP) is 4.32. The van der Waals surface area contributed by atoms with Crippen molar-refractivity contribution in [3.63, 3.8) is 0 Å². The molecule has 28 heavy (non-hydrogen) atoms. The van der Waals surface area contributed by atoms with Crippen LogP contribution in [0.25, 0.3) is 10.2 Å². The molecule has 2 aromatic heterocycles. The highest BCUT2D eigenvalue weighted by atomic mass is 32.1. The number of amides is 1. The molecule has 1 amide bonds. The number of nitrogens with zero attached hydrogens (tertiary/aromatic N) is 2. The highest BCUT2D eigenvalue weighted by molar-refractivity contribution is 7.20. The number of nitrogens with one attached hydrogen (secondary N) is 1. The number of aromatic nitrogens is 2. The maximum atomic E-state index is 12.9. The summed E-state index contributed by atoms with van der Waals surface area (Å²) in [5, 5.41) is 8.80. The Hall–Kier alpha value is -3.12. The molecule has 3 heterocycles. The minimum absolute atomic E-state index is 0.0721. The van der Waals surface area contributed by atoms with Crippen molar-refractivity contribution in [2.75, 3.05) is 6.61 Å². The zero-order valence-electron chi connectivity index (χ0n) is 15.4. The second kappa shape index (κ2) is 6.80. The van der Waals surface area contributed by atoms with Crippen LogP contribution in [0.5, 0.6) is 5.75 Å². The lowest BCUT2D eigenvalue weighted by atomic mass is 10.1. The molecule has 1 atom stereocenters. The Kier molecular flexibility index (Phi) is 4.13. The number of thiophene rings is 1. The van der Waals surface area contributed by atoms with Gasteiger partial charge in [0.25, 0.3) is 5.91 Å². The summed E-state index contributed by atoms with van der Waals surface area (Å²) in [7, 11) is 0. The largest absolute Gasteiger partial charge is 0.491 e. The Morgan fingerprint density at radius 2 is 2.00 bits per heavy atom. The standard InChI is InChI=1S/C22H19N3O2S/c1-14-17-11-20(21(26)23-18-13-27-19-10-6-5-9-16(18)19)28-22(17)25(24-14)12-15-7-3-2-4-8-15/h2-11,18H,12-13H2,1H3,(H,23,26). The van der Waals surface area contributed by atoms with Crippen molar-refractivity contribution >= 4 is 27.5 Å². The van der Waals surface area contributed by atoms with Crippen LogP contribution in [0, 0.1) is 6.92 Å². The van der Waals surface area contributed by atoms with Crippen molar-refractivity contribution in [1.82, 2.24) is 15.1 Å². The molecule has 1 N–H and O–H groups in total. The number of carbonyl (C=O) groups is 1. The number of carbonyl (C=O) groups excluding carboxylic acids is 1. The van der Waals surface area contributed by atoms with Gasteiger partial charge in [0.05, 0.1) is 23.2 Å². The summed E-state index contributed by atoms with van der Waals surface area (Å²) >= 11 is 1.48. The van der Waals surface area contributed by atoms with Gasteiger partial charge in [0.15, 0.2) is 0 Å². The van der Waals surface area contributed by atoms with Crippen LogP contribution in [0.2, 0.25) is 0 Å². The first-order chi connectivity index (χ1) is 13.7. The second-order valence-electron chi connectivity index (χ2n) is 6.93. The molecule has 140 valence electrons. The fourth-order valence-corrected chi connectivity index (χ4v) is 4.66. The summed E-state index contributed by atoms with van der Waals surface area (Å²) < 4.78 is 7.65. The average Bonchev–Trinajstić information content (AvgIpc) is 3.39. The number of ether oxygens (including phenoxy) is 1. The van der Waals surface area contributed by atoms with Crippen molar-refractivity contribution in [2.24, 2.45) is 0 Å².